The van der Waals surface area contributed by atoms with Gasteiger partial charge in [-0.15, -0.1) is 0 Å². The van der Waals surface area contributed by atoms with Crippen LogP contribution in [-0.2, 0) is 6.42 Å². The summed E-state index contributed by atoms with van der Waals surface area (Å²) in [5.74, 6) is 0.361. The molecular formula is C19H23NO. The van der Waals surface area contributed by atoms with E-state index in [2.05, 4.69) is 44.3 Å². The van der Waals surface area contributed by atoms with Crippen molar-refractivity contribution in [1.82, 2.24) is 0 Å². The highest BCUT2D eigenvalue weighted by Gasteiger charge is 2.21. The van der Waals surface area contributed by atoms with Gasteiger partial charge in [-0.1, -0.05) is 23.8 Å². The first-order valence-corrected chi connectivity index (χ1v) is 7.71. The molecule has 1 atom stereocenters. The van der Waals surface area contributed by atoms with Crippen LogP contribution in [0.5, 0.6) is 5.75 Å². The maximum atomic E-state index is 9.79. The van der Waals surface area contributed by atoms with Gasteiger partial charge in [0, 0.05) is 5.69 Å². The fourth-order valence-electron chi connectivity index (χ4n) is 3.52. The Morgan fingerprint density at radius 2 is 1.76 bits per heavy atom. The SMILES string of the molecule is Cc1cc(C)c(NC2CCCc3ccc(O)cc32)c(C)c1. The van der Waals surface area contributed by atoms with Crippen molar-refractivity contribution in [2.45, 2.75) is 46.1 Å². The average Bonchev–Trinajstić information content (AvgIpc) is 2.43. The van der Waals surface area contributed by atoms with Crippen molar-refractivity contribution in [3.8, 4) is 5.75 Å². The molecule has 2 aromatic rings. The van der Waals surface area contributed by atoms with E-state index in [4.69, 9.17) is 0 Å². The normalized spacial score (nSPS) is 17.4. The third-order valence-electron chi connectivity index (χ3n) is 4.44. The van der Waals surface area contributed by atoms with Crippen LogP contribution in [0.3, 0.4) is 0 Å². The molecule has 2 N–H and O–H groups in total. The standard InChI is InChI=1S/C19H23NO/c1-12-9-13(2)19(14(3)10-12)20-18-6-4-5-15-7-8-16(21)11-17(15)18/h7-11,18,20-21H,4-6H2,1-3H3. The minimum absolute atomic E-state index is 0.293. The first-order valence-electron chi connectivity index (χ1n) is 7.71. The summed E-state index contributed by atoms with van der Waals surface area (Å²) in [5.41, 5.74) is 7.73. The highest BCUT2D eigenvalue weighted by atomic mass is 16.3. The molecule has 0 aliphatic heterocycles. The van der Waals surface area contributed by atoms with Crippen molar-refractivity contribution in [2.75, 3.05) is 5.32 Å². The van der Waals surface area contributed by atoms with E-state index in [0.29, 0.717) is 11.8 Å². The summed E-state index contributed by atoms with van der Waals surface area (Å²) in [6, 6.07) is 10.5. The minimum atomic E-state index is 0.293. The van der Waals surface area contributed by atoms with Gasteiger partial charge < -0.3 is 10.4 Å². The summed E-state index contributed by atoms with van der Waals surface area (Å²) < 4.78 is 0. The van der Waals surface area contributed by atoms with Crippen LogP contribution in [0.4, 0.5) is 5.69 Å². The summed E-state index contributed by atoms with van der Waals surface area (Å²) in [5, 5.41) is 13.5. The molecule has 0 radical (unpaired) electrons. The van der Waals surface area contributed by atoms with Crippen LogP contribution in [0.1, 0.15) is 46.7 Å². The van der Waals surface area contributed by atoms with E-state index in [-0.39, 0.29) is 0 Å². The maximum Gasteiger partial charge on any atom is 0.115 e. The molecule has 0 spiro atoms. The lowest BCUT2D eigenvalue weighted by Crippen LogP contribution is -2.18. The van der Waals surface area contributed by atoms with Gasteiger partial charge in [-0.2, -0.15) is 0 Å². The van der Waals surface area contributed by atoms with Crippen LogP contribution >= 0.6 is 0 Å². The first kappa shape index (κ1) is 14.0. The van der Waals surface area contributed by atoms with E-state index < -0.39 is 0 Å². The zero-order chi connectivity index (χ0) is 15.0. The molecule has 0 amide bonds. The number of phenols is 1. The van der Waals surface area contributed by atoms with Crippen LogP contribution in [-0.4, -0.2) is 5.11 Å². The van der Waals surface area contributed by atoms with Gasteiger partial charge in [0.25, 0.3) is 0 Å². The number of aryl methyl sites for hydroxylation is 4. The third kappa shape index (κ3) is 2.76. The lowest BCUT2D eigenvalue weighted by Gasteiger charge is -2.29. The monoisotopic (exact) mass is 281 g/mol. The van der Waals surface area contributed by atoms with Crippen LogP contribution < -0.4 is 5.32 Å². The Kier molecular flexibility index (Phi) is 3.62. The van der Waals surface area contributed by atoms with Gasteiger partial charge in [-0.25, -0.2) is 0 Å². The van der Waals surface area contributed by atoms with Crippen molar-refractivity contribution in [2.24, 2.45) is 0 Å². The Morgan fingerprint density at radius 1 is 1.05 bits per heavy atom. The van der Waals surface area contributed by atoms with Crippen LogP contribution in [0.25, 0.3) is 0 Å². The van der Waals surface area contributed by atoms with Crippen molar-refractivity contribution in [3.63, 3.8) is 0 Å². The van der Waals surface area contributed by atoms with Crippen molar-refractivity contribution >= 4 is 5.69 Å². The molecule has 0 saturated carbocycles. The van der Waals surface area contributed by atoms with Crippen LogP contribution in [0.2, 0.25) is 0 Å². The van der Waals surface area contributed by atoms with Crippen LogP contribution in [0.15, 0.2) is 30.3 Å². The predicted molar refractivity (Wildman–Crippen MR) is 88.1 cm³/mol. The molecule has 0 heterocycles. The third-order valence-corrected chi connectivity index (χ3v) is 4.44. The molecule has 110 valence electrons. The van der Waals surface area contributed by atoms with Gasteiger partial charge in [-0.05, 0) is 74.4 Å². The first-order chi connectivity index (χ1) is 10.0. The fourth-order valence-corrected chi connectivity index (χ4v) is 3.52. The number of fused-ring (bicyclic) bond motifs is 1. The molecule has 0 saturated heterocycles. The molecule has 1 unspecified atom stereocenters. The number of nitrogens with one attached hydrogen (secondary N) is 1. The second-order valence-corrected chi connectivity index (χ2v) is 6.25. The van der Waals surface area contributed by atoms with Crippen molar-refractivity contribution < 1.29 is 5.11 Å². The lowest BCUT2D eigenvalue weighted by atomic mass is 9.87. The smallest absolute Gasteiger partial charge is 0.115 e. The number of hydrogen-bond donors (Lipinski definition) is 2. The Hall–Kier alpha value is -1.96. The fraction of sp³-hybridized carbons (Fsp3) is 0.368. The number of hydrogen-bond acceptors (Lipinski definition) is 2. The molecule has 0 fully saturated rings. The van der Waals surface area contributed by atoms with Gasteiger partial charge in [0.2, 0.25) is 0 Å². The van der Waals surface area contributed by atoms with E-state index in [0.717, 1.165) is 12.8 Å². The van der Waals surface area contributed by atoms with Crippen molar-refractivity contribution in [1.29, 1.82) is 0 Å². The number of benzene rings is 2. The van der Waals surface area contributed by atoms with E-state index >= 15 is 0 Å². The zero-order valence-corrected chi connectivity index (χ0v) is 13.0. The Morgan fingerprint density at radius 3 is 2.48 bits per heavy atom. The zero-order valence-electron chi connectivity index (χ0n) is 13.0. The second kappa shape index (κ2) is 5.44. The summed E-state index contributed by atoms with van der Waals surface area (Å²) in [4.78, 5) is 0. The highest BCUT2D eigenvalue weighted by Crippen LogP contribution is 2.36. The van der Waals surface area contributed by atoms with Gasteiger partial charge >= 0.3 is 0 Å². The second-order valence-electron chi connectivity index (χ2n) is 6.25. The Balaban J connectivity index is 1.96. The van der Waals surface area contributed by atoms with E-state index in [1.807, 2.05) is 6.07 Å². The molecular weight excluding hydrogens is 258 g/mol. The number of phenolic OH excluding ortho intramolecular Hbond substituents is 1. The number of anilines is 1. The molecule has 0 bridgehead atoms. The molecule has 3 rings (SSSR count). The van der Waals surface area contributed by atoms with E-state index in [1.165, 1.54) is 39.9 Å². The maximum absolute atomic E-state index is 9.79. The van der Waals surface area contributed by atoms with E-state index in [9.17, 15) is 5.11 Å². The average molecular weight is 281 g/mol. The topological polar surface area (TPSA) is 32.3 Å². The molecule has 1 aliphatic carbocycles. The molecule has 2 aromatic carbocycles. The van der Waals surface area contributed by atoms with Crippen molar-refractivity contribution in [3.05, 3.63) is 58.1 Å². The summed E-state index contributed by atoms with van der Waals surface area (Å²) in [6.45, 7) is 6.46. The molecule has 1 aliphatic rings. The molecule has 2 heteroatoms. The van der Waals surface area contributed by atoms with Crippen LogP contribution in [0, 0.1) is 20.8 Å². The highest BCUT2D eigenvalue weighted by molar-refractivity contribution is 5.60. The molecule has 0 aromatic heterocycles. The largest absolute Gasteiger partial charge is 0.508 e. The van der Waals surface area contributed by atoms with Gasteiger partial charge in [0.05, 0.1) is 6.04 Å². The molecule has 2 nitrogen and oxygen atoms in total. The summed E-state index contributed by atoms with van der Waals surface area (Å²) >= 11 is 0. The van der Waals surface area contributed by atoms with Gasteiger partial charge in [0.1, 0.15) is 5.75 Å². The summed E-state index contributed by atoms with van der Waals surface area (Å²) in [7, 11) is 0. The quantitative estimate of drug-likeness (QED) is 0.828. The number of rotatable bonds is 2. The molecule has 21 heavy (non-hydrogen) atoms. The van der Waals surface area contributed by atoms with Gasteiger partial charge in [-0.3, -0.25) is 0 Å². The summed E-state index contributed by atoms with van der Waals surface area (Å²) in [6.07, 6.45) is 3.42. The van der Waals surface area contributed by atoms with E-state index in [1.54, 1.807) is 6.07 Å². The Labute approximate surface area is 126 Å². The minimum Gasteiger partial charge on any atom is -0.508 e. The number of aromatic hydroxyl groups is 1. The van der Waals surface area contributed by atoms with Gasteiger partial charge in [0.15, 0.2) is 0 Å². The lowest BCUT2D eigenvalue weighted by molar-refractivity contribution is 0.471. The Bertz CT molecular complexity index is 652. The predicted octanol–water partition coefficient (Wildman–Crippen LogP) is 4.81.